The molecule has 56 valence electrons. The first kappa shape index (κ1) is 6.66. The molecular weight excluding hydrogens is 132 g/mol. The molecule has 0 spiro atoms. The molecule has 0 aromatic carbocycles. The summed E-state index contributed by atoms with van der Waals surface area (Å²) in [6, 6.07) is 0. The van der Waals surface area contributed by atoms with Crippen molar-refractivity contribution in [1.82, 2.24) is 0 Å². The second-order valence-corrected chi connectivity index (χ2v) is 3.30. The average Bonchev–Trinajstić information content (AvgIpc) is 2.32. The molecule has 0 N–H and O–H groups in total. The normalized spacial score (nSPS) is 27.5. The molecule has 0 aromatic rings. The molecule has 2 aliphatic carbocycles. The van der Waals surface area contributed by atoms with Crippen molar-refractivity contribution in [2.75, 3.05) is 0 Å². The number of hydrogen-bond acceptors (Lipinski definition) is 0. The highest BCUT2D eigenvalue weighted by atomic mass is 14.2. The molecule has 0 aromatic heterocycles. The maximum absolute atomic E-state index is 2.28. The fourth-order valence-electron chi connectivity index (χ4n) is 1.66. The first-order valence-corrected chi connectivity index (χ1v) is 4.02. The number of allylic oxidation sites excluding steroid dienone is 8. The van der Waals surface area contributed by atoms with Crippen LogP contribution in [0.25, 0.3) is 0 Å². The van der Waals surface area contributed by atoms with Gasteiger partial charge < -0.3 is 0 Å². The topological polar surface area (TPSA) is 0 Å². The zero-order chi connectivity index (χ0) is 7.84. The van der Waals surface area contributed by atoms with Gasteiger partial charge in [-0.15, -0.1) is 0 Å². The number of fused-ring (bicyclic) bond motifs is 1. The second kappa shape index (κ2) is 2.23. The van der Waals surface area contributed by atoms with Gasteiger partial charge in [-0.3, -0.25) is 0 Å². The minimum Gasteiger partial charge on any atom is -0.0727 e. The van der Waals surface area contributed by atoms with Crippen LogP contribution >= 0.6 is 0 Å². The zero-order valence-corrected chi connectivity index (χ0v) is 6.96. The van der Waals surface area contributed by atoms with Crippen molar-refractivity contribution in [1.29, 1.82) is 0 Å². The molecule has 2 aliphatic rings. The van der Waals surface area contributed by atoms with Crippen LogP contribution in [0.1, 0.15) is 13.8 Å². The van der Waals surface area contributed by atoms with Crippen LogP contribution in [0.5, 0.6) is 0 Å². The first-order valence-electron chi connectivity index (χ1n) is 4.02. The Bertz CT molecular complexity index is 298. The second-order valence-electron chi connectivity index (χ2n) is 3.30. The predicted octanol–water partition coefficient (Wildman–Crippen LogP) is 3.01. The molecule has 0 bridgehead atoms. The van der Waals surface area contributed by atoms with E-state index in [0.717, 1.165) is 0 Å². The molecule has 0 nitrogen and oxygen atoms in total. The molecule has 0 aliphatic heterocycles. The van der Waals surface area contributed by atoms with Crippen molar-refractivity contribution < 1.29 is 0 Å². The highest BCUT2D eigenvalue weighted by Crippen LogP contribution is 2.32. The van der Waals surface area contributed by atoms with E-state index in [1.165, 1.54) is 16.7 Å². The van der Waals surface area contributed by atoms with Crippen molar-refractivity contribution >= 4 is 0 Å². The average molecular weight is 144 g/mol. The summed E-state index contributed by atoms with van der Waals surface area (Å²) in [5, 5.41) is 0. The van der Waals surface area contributed by atoms with Crippen molar-refractivity contribution in [2.24, 2.45) is 5.92 Å². The lowest BCUT2D eigenvalue weighted by atomic mass is 9.90. The van der Waals surface area contributed by atoms with E-state index in [-0.39, 0.29) is 0 Å². The summed E-state index contributed by atoms with van der Waals surface area (Å²) in [5.74, 6) is 0.582. The lowest BCUT2D eigenvalue weighted by Gasteiger charge is -2.14. The van der Waals surface area contributed by atoms with E-state index in [1.807, 2.05) is 0 Å². The van der Waals surface area contributed by atoms with Crippen molar-refractivity contribution in [3.8, 4) is 0 Å². The lowest BCUT2D eigenvalue weighted by molar-refractivity contribution is 0.930. The van der Waals surface area contributed by atoms with Crippen molar-refractivity contribution in [2.45, 2.75) is 13.8 Å². The van der Waals surface area contributed by atoms with Gasteiger partial charge in [0, 0.05) is 5.92 Å². The molecule has 0 fully saturated rings. The largest absolute Gasteiger partial charge is 0.0727 e. The molecule has 0 radical (unpaired) electrons. The van der Waals surface area contributed by atoms with E-state index >= 15 is 0 Å². The Hall–Kier alpha value is -1.04. The van der Waals surface area contributed by atoms with Crippen LogP contribution in [0.3, 0.4) is 0 Å². The van der Waals surface area contributed by atoms with Crippen molar-refractivity contribution in [3.63, 3.8) is 0 Å². The molecule has 2 rings (SSSR count). The Morgan fingerprint density at radius 2 is 2.00 bits per heavy atom. The Balaban J connectivity index is 2.38. The number of hydrogen-bond donors (Lipinski definition) is 0. The Kier molecular flexibility index (Phi) is 1.35. The van der Waals surface area contributed by atoms with Gasteiger partial charge in [0.25, 0.3) is 0 Å². The summed E-state index contributed by atoms with van der Waals surface area (Å²) < 4.78 is 0. The summed E-state index contributed by atoms with van der Waals surface area (Å²) in [7, 11) is 0. The van der Waals surface area contributed by atoms with Crippen LogP contribution in [0.4, 0.5) is 0 Å². The summed E-state index contributed by atoms with van der Waals surface area (Å²) in [6.07, 6.45) is 11.2. The highest BCUT2D eigenvalue weighted by Gasteiger charge is 2.17. The molecule has 0 heteroatoms. The third-order valence-electron chi connectivity index (χ3n) is 2.33. The van der Waals surface area contributed by atoms with Gasteiger partial charge in [-0.25, -0.2) is 0 Å². The van der Waals surface area contributed by atoms with Crippen LogP contribution in [0, 0.1) is 5.92 Å². The molecule has 11 heavy (non-hydrogen) atoms. The van der Waals surface area contributed by atoms with E-state index in [9.17, 15) is 0 Å². The Morgan fingerprint density at radius 3 is 2.82 bits per heavy atom. The molecule has 0 saturated heterocycles. The van der Waals surface area contributed by atoms with E-state index in [4.69, 9.17) is 0 Å². The molecule has 1 atom stereocenters. The van der Waals surface area contributed by atoms with Gasteiger partial charge in [-0.2, -0.15) is 0 Å². The third kappa shape index (κ3) is 0.988. The van der Waals surface area contributed by atoms with Crippen LogP contribution < -0.4 is 0 Å². The Labute approximate surface area is 67.6 Å². The molecule has 1 unspecified atom stereocenters. The fourth-order valence-corrected chi connectivity index (χ4v) is 1.66. The van der Waals surface area contributed by atoms with Crippen LogP contribution in [0.2, 0.25) is 0 Å². The predicted molar refractivity (Wildman–Crippen MR) is 48.2 cm³/mol. The van der Waals surface area contributed by atoms with Crippen LogP contribution in [-0.4, -0.2) is 0 Å². The fraction of sp³-hybridized carbons (Fsp3) is 0.273. The third-order valence-corrected chi connectivity index (χ3v) is 2.33. The van der Waals surface area contributed by atoms with E-state index < -0.39 is 0 Å². The van der Waals surface area contributed by atoms with Gasteiger partial charge in [-0.05, 0) is 19.4 Å². The Morgan fingerprint density at radius 1 is 1.18 bits per heavy atom. The van der Waals surface area contributed by atoms with Crippen molar-refractivity contribution in [3.05, 3.63) is 47.1 Å². The molecule has 0 amide bonds. The quantitative estimate of drug-likeness (QED) is 0.490. The minimum atomic E-state index is 0.582. The molecule has 0 heterocycles. The standard InChI is InChI=1S/C11H12/c1-8-3-6-11-9(2)4-5-10(11)7-8/h3-7,11H,1-2H3. The molecular formula is C11H12. The first-order chi connectivity index (χ1) is 5.27. The minimum absolute atomic E-state index is 0.582. The van der Waals surface area contributed by atoms with Gasteiger partial charge >= 0.3 is 0 Å². The van der Waals surface area contributed by atoms with E-state index in [0.29, 0.717) is 5.92 Å². The van der Waals surface area contributed by atoms with Crippen LogP contribution in [0.15, 0.2) is 47.1 Å². The smallest absolute Gasteiger partial charge is 0.0231 e. The summed E-state index contributed by atoms with van der Waals surface area (Å²) in [6.45, 7) is 4.33. The lowest BCUT2D eigenvalue weighted by Crippen LogP contribution is -2.00. The molecule has 0 saturated carbocycles. The summed E-state index contributed by atoms with van der Waals surface area (Å²) in [4.78, 5) is 0. The maximum Gasteiger partial charge on any atom is 0.0231 e. The van der Waals surface area contributed by atoms with Crippen LogP contribution in [-0.2, 0) is 0 Å². The number of rotatable bonds is 0. The van der Waals surface area contributed by atoms with Gasteiger partial charge in [0.1, 0.15) is 0 Å². The highest BCUT2D eigenvalue weighted by molar-refractivity contribution is 5.49. The monoisotopic (exact) mass is 144 g/mol. The van der Waals surface area contributed by atoms with Gasteiger partial charge in [0.2, 0.25) is 0 Å². The van der Waals surface area contributed by atoms with Gasteiger partial charge in [0.05, 0.1) is 0 Å². The van der Waals surface area contributed by atoms with E-state index in [2.05, 4.69) is 44.2 Å². The summed E-state index contributed by atoms with van der Waals surface area (Å²) >= 11 is 0. The maximum atomic E-state index is 2.28. The zero-order valence-electron chi connectivity index (χ0n) is 6.96. The van der Waals surface area contributed by atoms with E-state index in [1.54, 1.807) is 0 Å². The SMILES string of the molecule is CC1=CC2=CC=C(C)C2C=C1. The van der Waals surface area contributed by atoms with Gasteiger partial charge in [0.15, 0.2) is 0 Å². The summed E-state index contributed by atoms with van der Waals surface area (Å²) in [5.41, 5.74) is 4.26. The van der Waals surface area contributed by atoms with Gasteiger partial charge in [-0.1, -0.05) is 41.5 Å².